The van der Waals surface area contributed by atoms with Crippen LogP contribution in [0.25, 0.3) is 0 Å². The Bertz CT molecular complexity index is 441. The van der Waals surface area contributed by atoms with E-state index in [1.54, 1.807) is 0 Å². The Morgan fingerprint density at radius 3 is 1.41 bits per heavy atom. The van der Waals surface area contributed by atoms with Gasteiger partial charge in [0.2, 0.25) is 0 Å². The summed E-state index contributed by atoms with van der Waals surface area (Å²) in [5.74, 6) is 0. The van der Waals surface area contributed by atoms with Crippen LogP contribution in [0.5, 0.6) is 0 Å². The van der Waals surface area contributed by atoms with Crippen LogP contribution >= 0.6 is 0 Å². The highest BCUT2D eigenvalue weighted by atomic mass is 15.1. The minimum atomic E-state index is 0.576. The Labute approximate surface area is 183 Å². The van der Waals surface area contributed by atoms with Crippen molar-refractivity contribution in [1.29, 1.82) is 0 Å². The van der Waals surface area contributed by atoms with Gasteiger partial charge < -0.3 is 0 Å². The van der Waals surface area contributed by atoms with E-state index in [4.69, 9.17) is 0 Å². The van der Waals surface area contributed by atoms with Crippen LogP contribution in [-0.4, -0.2) is 18.5 Å². The summed E-state index contributed by atoms with van der Waals surface area (Å²) in [6.07, 6.45) is 24.3. The highest BCUT2D eigenvalue weighted by Crippen LogP contribution is 2.23. The van der Waals surface area contributed by atoms with E-state index in [0.717, 1.165) is 0 Å². The molecule has 0 fully saturated rings. The molecule has 0 aliphatic heterocycles. The average molecular weight is 402 g/mol. The van der Waals surface area contributed by atoms with E-state index in [-0.39, 0.29) is 0 Å². The van der Waals surface area contributed by atoms with Crippen molar-refractivity contribution in [3.63, 3.8) is 0 Å². The van der Waals surface area contributed by atoms with E-state index in [2.05, 4.69) is 56.1 Å². The summed E-state index contributed by atoms with van der Waals surface area (Å²) in [5, 5.41) is 0. The van der Waals surface area contributed by atoms with Gasteiger partial charge in [0.05, 0.1) is 0 Å². The van der Waals surface area contributed by atoms with Crippen molar-refractivity contribution in [3.8, 4) is 0 Å². The van der Waals surface area contributed by atoms with Gasteiger partial charge in [0, 0.05) is 6.04 Å². The van der Waals surface area contributed by atoms with E-state index in [0.29, 0.717) is 6.04 Å². The van der Waals surface area contributed by atoms with Crippen molar-refractivity contribution in [2.75, 3.05) is 13.6 Å². The van der Waals surface area contributed by atoms with Crippen molar-refractivity contribution < 1.29 is 0 Å². The predicted molar refractivity (Wildman–Crippen MR) is 132 cm³/mol. The fourth-order valence-electron chi connectivity index (χ4n) is 4.54. The molecule has 1 heteroatoms. The lowest BCUT2D eigenvalue weighted by atomic mass is 10.0. The summed E-state index contributed by atoms with van der Waals surface area (Å²) in [7, 11) is 2.30. The molecule has 1 aromatic carbocycles. The van der Waals surface area contributed by atoms with Crippen LogP contribution in [0.15, 0.2) is 30.3 Å². The van der Waals surface area contributed by atoms with Gasteiger partial charge >= 0.3 is 0 Å². The first kappa shape index (κ1) is 26.2. The van der Waals surface area contributed by atoms with Gasteiger partial charge in [0.15, 0.2) is 0 Å². The van der Waals surface area contributed by atoms with Gasteiger partial charge in [-0.2, -0.15) is 0 Å². The molecule has 1 rings (SSSR count). The van der Waals surface area contributed by atoms with Crippen LogP contribution in [-0.2, 0) is 0 Å². The minimum Gasteiger partial charge on any atom is -0.299 e. The molecular formula is C28H51N. The second-order valence-corrected chi connectivity index (χ2v) is 9.12. The van der Waals surface area contributed by atoms with Gasteiger partial charge in [-0.1, -0.05) is 140 Å². The lowest BCUT2D eigenvalue weighted by Gasteiger charge is -2.27. The van der Waals surface area contributed by atoms with Gasteiger partial charge in [0.1, 0.15) is 0 Å². The largest absolute Gasteiger partial charge is 0.299 e. The van der Waals surface area contributed by atoms with Crippen molar-refractivity contribution in [2.24, 2.45) is 0 Å². The molecule has 0 bridgehead atoms. The molecule has 29 heavy (non-hydrogen) atoms. The molecule has 1 aromatic rings. The fraction of sp³-hybridized carbons (Fsp3) is 0.786. The molecule has 0 radical (unpaired) electrons. The summed E-state index contributed by atoms with van der Waals surface area (Å²) >= 11 is 0. The van der Waals surface area contributed by atoms with Gasteiger partial charge in [0.25, 0.3) is 0 Å². The maximum absolute atomic E-state index is 2.55. The van der Waals surface area contributed by atoms with Crippen molar-refractivity contribution in [3.05, 3.63) is 35.9 Å². The van der Waals surface area contributed by atoms with Gasteiger partial charge in [-0.05, 0) is 32.0 Å². The fourth-order valence-corrected chi connectivity index (χ4v) is 4.54. The summed E-state index contributed by atoms with van der Waals surface area (Å²) in [4.78, 5) is 2.55. The average Bonchev–Trinajstić information content (AvgIpc) is 2.74. The molecule has 0 aromatic heterocycles. The van der Waals surface area contributed by atoms with E-state index >= 15 is 0 Å². The molecule has 168 valence electrons. The molecule has 0 aliphatic carbocycles. The molecule has 0 spiro atoms. The number of benzene rings is 1. The number of hydrogen-bond acceptors (Lipinski definition) is 1. The molecule has 0 saturated carbocycles. The molecule has 0 heterocycles. The van der Waals surface area contributed by atoms with Crippen LogP contribution < -0.4 is 0 Å². The second-order valence-electron chi connectivity index (χ2n) is 9.12. The SMILES string of the molecule is CCCCCCCCCCCCCCCCCCN(C)C(CC)c1ccccc1. The molecule has 1 nitrogen and oxygen atoms in total. The van der Waals surface area contributed by atoms with E-state index < -0.39 is 0 Å². The summed E-state index contributed by atoms with van der Waals surface area (Å²) in [6, 6.07) is 11.6. The molecule has 0 N–H and O–H groups in total. The van der Waals surface area contributed by atoms with Gasteiger partial charge in [-0.25, -0.2) is 0 Å². The zero-order valence-electron chi connectivity index (χ0n) is 20.1. The van der Waals surface area contributed by atoms with E-state index in [9.17, 15) is 0 Å². The lowest BCUT2D eigenvalue weighted by Crippen LogP contribution is -2.25. The first-order chi connectivity index (χ1) is 14.3. The van der Waals surface area contributed by atoms with E-state index in [1.165, 1.54) is 121 Å². The summed E-state index contributed by atoms with van der Waals surface area (Å²) in [6.45, 7) is 5.83. The Kier molecular flexibility index (Phi) is 17.3. The molecule has 0 amide bonds. The third-order valence-electron chi connectivity index (χ3n) is 6.47. The van der Waals surface area contributed by atoms with Crippen molar-refractivity contribution in [1.82, 2.24) is 4.90 Å². The Morgan fingerprint density at radius 2 is 1.00 bits per heavy atom. The third kappa shape index (κ3) is 13.9. The van der Waals surface area contributed by atoms with Crippen molar-refractivity contribution >= 4 is 0 Å². The highest BCUT2D eigenvalue weighted by molar-refractivity contribution is 5.18. The maximum atomic E-state index is 2.55. The number of hydrogen-bond donors (Lipinski definition) is 0. The first-order valence-electron chi connectivity index (χ1n) is 13.0. The van der Waals surface area contributed by atoms with Gasteiger partial charge in [-0.3, -0.25) is 4.90 Å². The normalized spacial score (nSPS) is 12.6. The highest BCUT2D eigenvalue weighted by Gasteiger charge is 2.13. The first-order valence-corrected chi connectivity index (χ1v) is 13.0. The van der Waals surface area contributed by atoms with E-state index in [1.807, 2.05) is 0 Å². The van der Waals surface area contributed by atoms with Crippen LogP contribution in [0, 0.1) is 0 Å². The van der Waals surface area contributed by atoms with Gasteiger partial charge in [-0.15, -0.1) is 0 Å². The zero-order chi connectivity index (χ0) is 21.0. The monoisotopic (exact) mass is 401 g/mol. The molecular weight excluding hydrogens is 350 g/mol. The summed E-state index contributed by atoms with van der Waals surface area (Å²) in [5.41, 5.74) is 1.47. The Morgan fingerprint density at radius 1 is 0.586 bits per heavy atom. The Hall–Kier alpha value is -0.820. The summed E-state index contributed by atoms with van der Waals surface area (Å²) < 4.78 is 0. The smallest absolute Gasteiger partial charge is 0.0342 e. The standard InChI is InChI=1S/C28H51N/c1-4-6-7-8-9-10-11-12-13-14-15-16-17-18-19-23-26-29(3)28(5-2)27-24-21-20-22-25-27/h20-22,24-25,28H,4-19,23,26H2,1-3H3. The van der Waals surface area contributed by atoms with Crippen molar-refractivity contribution in [2.45, 2.75) is 129 Å². The topological polar surface area (TPSA) is 3.24 Å². The van der Waals surface area contributed by atoms with Crippen LogP contribution in [0.2, 0.25) is 0 Å². The molecule has 1 atom stereocenters. The number of unbranched alkanes of at least 4 members (excludes halogenated alkanes) is 15. The minimum absolute atomic E-state index is 0.576. The quantitative estimate of drug-likeness (QED) is 0.197. The zero-order valence-corrected chi connectivity index (χ0v) is 20.1. The van der Waals surface area contributed by atoms with Crippen LogP contribution in [0.4, 0.5) is 0 Å². The predicted octanol–water partition coefficient (Wildman–Crippen LogP) is 9.33. The van der Waals surface area contributed by atoms with Crippen LogP contribution in [0.3, 0.4) is 0 Å². The number of nitrogens with zero attached hydrogens (tertiary/aromatic N) is 1. The maximum Gasteiger partial charge on any atom is 0.0342 e. The number of rotatable bonds is 20. The molecule has 0 saturated heterocycles. The lowest BCUT2D eigenvalue weighted by molar-refractivity contribution is 0.233. The molecule has 0 aliphatic rings. The van der Waals surface area contributed by atoms with Crippen LogP contribution in [0.1, 0.15) is 135 Å². The third-order valence-corrected chi connectivity index (χ3v) is 6.47. The Balaban J connectivity index is 1.87. The second kappa shape index (κ2) is 19.2. The molecule has 1 unspecified atom stereocenters.